The zero-order valence-electron chi connectivity index (χ0n) is 14.5. The van der Waals surface area contributed by atoms with Gasteiger partial charge in [0.15, 0.2) is 0 Å². The van der Waals surface area contributed by atoms with Crippen LogP contribution in [-0.2, 0) is 14.4 Å². The lowest BCUT2D eigenvalue weighted by molar-refractivity contribution is -0.128. The first kappa shape index (κ1) is 24.8. The topological polar surface area (TPSA) is 78.5 Å². The monoisotopic (exact) mass is 547 g/mol. The molecule has 0 bridgehead atoms. The molecule has 6 nitrogen and oxygen atoms in total. The standard InChI is InChI=1S/C16H28Br3N3O3/c17-11-14(23)20-7-3-1-5-9-22(16(25)13-19)10-6-2-4-8-21-15(24)12-18/h1-13H2,(H,20,23)(H,21,24). The van der Waals surface area contributed by atoms with Gasteiger partial charge < -0.3 is 15.5 Å². The van der Waals surface area contributed by atoms with Crippen LogP contribution >= 0.6 is 47.8 Å². The van der Waals surface area contributed by atoms with E-state index in [9.17, 15) is 14.4 Å². The molecule has 0 aromatic carbocycles. The number of hydrogen-bond acceptors (Lipinski definition) is 3. The summed E-state index contributed by atoms with van der Waals surface area (Å²) in [6, 6.07) is 0. The van der Waals surface area contributed by atoms with Crippen LogP contribution in [0.5, 0.6) is 0 Å². The van der Waals surface area contributed by atoms with Crippen molar-refractivity contribution in [3.05, 3.63) is 0 Å². The Bertz CT molecular complexity index is 370. The number of alkyl halides is 3. The number of amides is 3. The number of hydrogen-bond donors (Lipinski definition) is 2. The first-order chi connectivity index (χ1) is 12.0. The van der Waals surface area contributed by atoms with Crippen LogP contribution in [0.3, 0.4) is 0 Å². The molecule has 0 unspecified atom stereocenters. The smallest absolute Gasteiger partial charge is 0.233 e. The summed E-state index contributed by atoms with van der Waals surface area (Å²) in [5.41, 5.74) is 0. The lowest BCUT2D eigenvalue weighted by Gasteiger charge is -2.22. The van der Waals surface area contributed by atoms with E-state index in [-0.39, 0.29) is 17.7 Å². The molecular weight excluding hydrogens is 522 g/mol. The normalized spacial score (nSPS) is 10.4. The summed E-state index contributed by atoms with van der Waals surface area (Å²) in [5, 5.41) is 6.64. The van der Waals surface area contributed by atoms with Gasteiger partial charge in [-0.1, -0.05) is 47.8 Å². The van der Waals surface area contributed by atoms with Crippen LogP contribution in [0.2, 0.25) is 0 Å². The second-order valence-corrected chi connectivity index (χ2v) is 7.29. The molecule has 3 amide bonds. The van der Waals surface area contributed by atoms with E-state index in [2.05, 4.69) is 58.4 Å². The van der Waals surface area contributed by atoms with Gasteiger partial charge in [-0.2, -0.15) is 0 Å². The maximum absolute atomic E-state index is 12.0. The van der Waals surface area contributed by atoms with Crippen molar-refractivity contribution >= 4 is 65.5 Å². The van der Waals surface area contributed by atoms with Crippen LogP contribution in [0.1, 0.15) is 38.5 Å². The van der Waals surface area contributed by atoms with Crippen LogP contribution in [0, 0.1) is 0 Å². The molecule has 0 spiro atoms. The van der Waals surface area contributed by atoms with E-state index in [1.54, 1.807) is 0 Å². The van der Waals surface area contributed by atoms with Gasteiger partial charge in [0.1, 0.15) is 0 Å². The maximum atomic E-state index is 12.0. The Kier molecular flexibility index (Phi) is 17.2. The predicted octanol–water partition coefficient (Wildman–Crippen LogP) is 2.57. The largest absolute Gasteiger partial charge is 0.355 e. The number of nitrogens with one attached hydrogen (secondary N) is 2. The minimum atomic E-state index is 0.00316. The third-order valence-electron chi connectivity index (χ3n) is 3.56. The molecule has 9 heteroatoms. The van der Waals surface area contributed by atoms with Gasteiger partial charge in [0.2, 0.25) is 17.7 Å². The maximum Gasteiger partial charge on any atom is 0.233 e. The quantitative estimate of drug-likeness (QED) is 0.243. The number of halogens is 3. The van der Waals surface area contributed by atoms with E-state index in [4.69, 9.17) is 0 Å². The molecule has 0 rings (SSSR count). The fourth-order valence-corrected chi connectivity index (χ4v) is 2.96. The summed E-state index contributed by atoms with van der Waals surface area (Å²) in [6.07, 6.45) is 5.67. The van der Waals surface area contributed by atoms with E-state index in [0.29, 0.717) is 29.1 Å². The predicted molar refractivity (Wildman–Crippen MR) is 112 cm³/mol. The Morgan fingerprint density at radius 3 is 1.44 bits per heavy atom. The summed E-state index contributed by atoms with van der Waals surface area (Å²) >= 11 is 9.45. The molecule has 0 saturated heterocycles. The fraction of sp³-hybridized carbons (Fsp3) is 0.812. The Labute approximate surface area is 175 Å². The minimum Gasteiger partial charge on any atom is -0.355 e. The molecule has 0 aromatic heterocycles. The van der Waals surface area contributed by atoms with Gasteiger partial charge in [0.05, 0.1) is 16.0 Å². The van der Waals surface area contributed by atoms with E-state index >= 15 is 0 Å². The Hall–Kier alpha value is -0.150. The van der Waals surface area contributed by atoms with Gasteiger partial charge in [-0.3, -0.25) is 14.4 Å². The number of rotatable bonds is 15. The highest BCUT2D eigenvalue weighted by atomic mass is 79.9. The van der Waals surface area contributed by atoms with Gasteiger partial charge in [0, 0.05) is 26.2 Å². The van der Waals surface area contributed by atoms with E-state index in [0.717, 1.165) is 51.6 Å². The second-order valence-electron chi connectivity index (χ2n) is 5.60. The average Bonchev–Trinajstić information content (AvgIpc) is 2.63. The van der Waals surface area contributed by atoms with Gasteiger partial charge in [-0.05, 0) is 38.5 Å². The van der Waals surface area contributed by atoms with Crippen molar-refractivity contribution in [1.82, 2.24) is 15.5 Å². The molecule has 0 aromatic rings. The molecule has 25 heavy (non-hydrogen) atoms. The lowest BCUT2D eigenvalue weighted by Crippen LogP contribution is -2.34. The number of unbranched alkanes of at least 4 members (excludes halogenated alkanes) is 4. The zero-order chi connectivity index (χ0) is 18.9. The highest BCUT2D eigenvalue weighted by molar-refractivity contribution is 9.09. The Morgan fingerprint density at radius 1 is 0.640 bits per heavy atom. The fourth-order valence-electron chi connectivity index (χ4n) is 2.20. The third-order valence-corrected chi connectivity index (χ3v) is 5.06. The van der Waals surface area contributed by atoms with Crippen molar-refractivity contribution in [2.24, 2.45) is 0 Å². The summed E-state index contributed by atoms with van der Waals surface area (Å²) in [7, 11) is 0. The van der Waals surface area contributed by atoms with Crippen LogP contribution in [0.25, 0.3) is 0 Å². The van der Waals surface area contributed by atoms with Crippen molar-refractivity contribution < 1.29 is 14.4 Å². The Morgan fingerprint density at radius 2 is 1.08 bits per heavy atom. The van der Waals surface area contributed by atoms with Crippen molar-refractivity contribution in [3.8, 4) is 0 Å². The van der Waals surface area contributed by atoms with Gasteiger partial charge >= 0.3 is 0 Å². The zero-order valence-corrected chi connectivity index (χ0v) is 19.3. The van der Waals surface area contributed by atoms with Crippen molar-refractivity contribution in [2.75, 3.05) is 42.2 Å². The van der Waals surface area contributed by atoms with Crippen molar-refractivity contribution in [2.45, 2.75) is 38.5 Å². The molecule has 0 aliphatic rings. The van der Waals surface area contributed by atoms with E-state index in [1.165, 1.54) is 0 Å². The SMILES string of the molecule is O=C(CBr)NCCCCCN(CCCCCNC(=O)CBr)C(=O)CBr. The van der Waals surface area contributed by atoms with Gasteiger partial charge in [-0.25, -0.2) is 0 Å². The molecule has 0 aliphatic heterocycles. The highest BCUT2D eigenvalue weighted by Gasteiger charge is 2.11. The minimum absolute atomic E-state index is 0.00316. The summed E-state index contributed by atoms with van der Waals surface area (Å²) in [5.74, 6) is 0.118. The van der Waals surface area contributed by atoms with Crippen molar-refractivity contribution in [1.29, 1.82) is 0 Å². The third kappa shape index (κ3) is 14.7. The molecule has 0 radical (unpaired) electrons. The van der Waals surface area contributed by atoms with E-state index < -0.39 is 0 Å². The first-order valence-corrected chi connectivity index (χ1v) is 11.9. The van der Waals surface area contributed by atoms with Crippen molar-refractivity contribution in [3.63, 3.8) is 0 Å². The number of carbonyl (C=O) groups is 3. The molecule has 2 N–H and O–H groups in total. The number of carbonyl (C=O) groups excluding carboxylic acids is 3. The lowest BCUT2D eigenvalue weighted by atomic mass is 10.2. The molecule has 0 saturated carbocycles. The van der Waals surface area contributed by atoms with Crippen LogP contribution in [0.4, 0.5) is 0 Å². The first-order valence-electron chi connectivity index (χ1n) is 8.54. The van der Waals surface area contributed by atoms with Crippen LogP contribution in [-0.4, -0.2) is 64.8 Å². The molecule has 0 aliphatic carbocycles. The van der Waals surface area contributed by atoms with Gasteiger partial charge in [0.25, 0.3) is 0 Å². The molecular formula is C16H28Br3N3O3. The molecule has 0 heterocycles. The average molecular weight is 550 g/mol. The van der Waals surface area contributed by atoms with Gasteiger partial charge in [-0.15, -0.1) is 0 Å². The highest BCUT2D eigenvalue weighted by Crippen LogP contribution is 2.05. The summed E-state index contributed by atoms with van der Waals surface area (Å²) < 4.78 is 0. The second kappa shape index (κ2) is 17.3. The van der Waals surface area contributed by atoms with Crippen LogP contribution in [0.15, 0.2) is 0 Å². The molecule has 146 valence electrons. The Balaban J connectivity index is 3.81. The van der Waals surface area contributed by atoms with Crippen LogP contribution < -0.4 is 10.6 Å². The summed E-state index contributed by atoms with van der Waals surface area (Å²) in [4.78, 5) is 36.0. The molecule has 0 atom stereocenters. The van der Waals surface area contributed by atoms with E-state index in [1.807, 2.05) is 4.90 Å². The number of nitrogens with zero attached hydrogens (tertiary/aromatic N) is 1. The molecule has 0 fully saturated rings. The summed E-state index contributed by atoms with van der Waals surface area (Å²) in [6.45, 7) is 2.85.